The molecule has 1 rings (SSSR count). The van der Waals surface area contributed by atoms with Crippen LogP contribution in [0.1, 0.15) is 45.6 Å². The number of esters is 1. The Balaban J connectivity index is 0. The molecule has 0 aliphatic heterocycles. The Labute approximate surface area is 173 Å². The molecule has 1 aromatic carbocycles. The van der Waals surface area contributed by atoms with Crippen molar-refractivity contribution in [1.82, 2.24) is 0 Å². The molecule has 0 aliphatic carbocycles. The van der Waals surface area contributed by atoms with Crippen molar-refractivity contribution in [1.29, 1.82) is 0 Å². The molecule has 0 aromatic heterocycles. The highest BCUT2D eigenvalue weighted by molar-refractivity contribution is 5.94. The third-order valence-electron chi connectivity index (χ3n) is 3.14. The summed E-state index contributed by atoms with van der Waals surface area (Å²) in [4.78, 5) is 30.9. The quantitative estimate of drug-likeness (QED) is 0.342. The normalized spacial score (nSPS) is 9.86. The van der Waals surface area contributed by atoms with E-state index in [0.717, 1.165) is 18.9 Å². The summed E-state index contributed by atoms with van der Waals surface area (Å²) in [5.41, 5.74) is 1.12. The molecule has 0 saturated carbocycles. The molecule has 0 saturated heterocycles. The van der Waals surface area contributed by atoms with E-state index in [-0.39, 0.29) is 23.9 Å². The maximum Gasteiger partial charge on any atom is 0.331 e. The molecule has 0 radical (unpaired) electrons. The topological polar surface area (TPSA) is 101 Å². The summed E-state index contributed by atoms with van der Waals surface area (Å²) in [6.45, 7) is 13.1. The first kappa shape index (κ1) is 28.1. The fraction of sp³-hybridized carbons (Fsp3) is 0.348. The van der Waals surface area contributed by atoms with Gasteiger partial charge < -0.3 is 14.9 Å². The lowest BCUT2D eigenvalue weighted by Crippen LogP contribution is -2.06. The van der Waals surface area contributed by atoms with Gasteiger partial charge in [-0.25, -0.2) is 14.4 Å². The summed E-state index contributed by atoms with van der Waals surface area (Å²) >= 11 is 0. The predicted octanol–water partition coefficient (Wildman–Crippen LogP) is 4.97. The van der Waals surface area contributed by atoms with Crippen LogP contribution in [-0.4, -0.2) is 34.7 Å². The minimum atomic E-state index is -1.21. The van der Waals surface area contributed by atoms with Gasteiger partial charge in [0, 0.05) is 17.7 Å². The van der Waals surface area contributed by atoms with E-state index in [1.165, 1.54) is 11.6 Å². The summed E-state index contributed by atoms with van der Waals surface area (Å²) in [7, 11) is 0. The van der Waals surface area contributed by atoms with Crippen LogP contribution in [0.4, 0.5) is 0 Å². The summed E-state index contributed by atoms with van der Waals surface area (Å²) in [5.74, 6) is -2.56. The van der Waals surface area contributed by atoms with Crippen molar-refractivity contribution in [2.75, 3.05) is 6.61 Å². The molecule has 0 spiro atoms. The Morgan fingerprint density at radius 2 is 1.69 bits per heavy atom. The van der Waals surface area contributed by atoms with Crippen molar-refractivity contribution in [2.24, 2.45) is 5.92 Å². The summed E-state index contributed by atoms with van der Waals surface area (Å²) < 4.78 is 4.67. The summed E-state index contributed by atoms with van der Waals surface area (Å²) in [5, 5.41) is 16.8. The molecule has 0 unspecified atom stereocenters. The molecule has 0 heterocycles. The molecule has 6 nitrogen and oxygen atoms in total. The minimum Gasteiger partial charge on any atom is -0.478 e. The second-order valence-electron chi connectivity index (χ2n) is 6.25. The van der Waals surface area contributed by atoms with Crippen LogP contribution in [-0.2, 0) is 19.1 Å². The smallest absolute Gasteiger partial charge is 0.331 e. The third kappa shape index (κ3) is 19.4. The molecule has 0 aliphatic rings. The Bertz CT molecular complexity index is 659. The first-order valence-corrected chi connectivity index (χ1v) is 9.31. The highest BCUT2D eigenvalue weighted by atomic mass is 16.5. The van der Waals surface area contributed by atoms with Crippen LogP contribution >= 0.6 is 0 Å². The number of carboxylic acid groups (broad SMARTS) is 2. The van der Waals surface area contributed by atoms with E-state index in [0.29, 0.717) is 6.61 Å². The van der Waals surface area contributed by atoms with Gasteiger partial charge in [0.1, 0.15) is 0 Å². The van der Waals surface area contributed by atoms with Crippen molar-refractivity contribution < 1.29 is 29.3 Å². The van der Waals surface area contributed by atoms with E-state index in [1.807, 2.05) is 57.2 Å². The van der Waals surface area contributed by atoms with Crippen LogP contribution < -0.4 is 0 Å². The van der Waals surface area contributed by atoms with E-state index in [4.69, 9.17) is 10.2 Å². The molecule has 0 fully saturated rings. The average Bonchev–Trinajstić information content (AvgIpc) is 2.68. The minimum absolute atomic E-state index is 0.0579. The lowest BCUT2D eigenvalue weighted by Gasteiger charge is -2.03. The van der Waals surface area contributed by atoms with Crippen LogP contribution in [0.25, 0.3) is 6.08 Å². The van der Waals surface area contributed by atoms with Gasteiger partial charge in [-0.1, -0.05) is 76.8 Å². The maximum atomic E-state index is 10.4. The fourth-order valence-electron chi connectivity index (χ4n) is 1.76. The molecule has 0 bridgehead atoms. The Morgan fingerprint density at radius 3 is 2.03 bits per heavy atom. The van der Waals surface area contributed by atoms with Gasteiger partial charge in [-0.3, -0.25) is 0 Å². The molecular formula is C23H32O6. The first-order valence-electron chi connectivity index (χ1n) is 9.31. The fourth-order valence-corrected chi connectivity index (χ4v) is 1.76. The van der Waals surface area contributed by atoms with Gasteiger partial charge in [-0.05, 0) is 24.3 Å². The highest BCUT2D eigenvalue weighted by Crippen LogP contribution is 2.10. The van der Waals surface area contributed by atoms with Crippen LogP contribution in [0.3, 0.4) is 0 Å². The second kappa shape index (κ2) is 18.2. The van der Waals surface area contributed by atoms with E-state index < -0.39 is 11.9 Å². The van der Waals surface area contributed by atoms with Crippen molar-refractivity contribution >= 4 is 24.0 Å². The zero-order valence-corrected chi connectivity index (χ0v) is 17.5. The lowest BCUT2D eigenvalue weighted by molar-refractivity contribution is -0.138. The molecule has 1 aromatic rings. The second-order valence-corrected chi connectivity index (χ2v) is 6.25. The van der Waals surface area contributed by atoms with Gasteiger partial charge in [-0.2, -0.15) is 0 Å². The largest absolute Gasteiger partial charge is 0.478 e. The van der Waals surface area contributed by atoms with Gasteiger partial charge in [0.25, 0.3) is 0 Å². The van der Waals surface area contributed by atoms with Gasteiger partial charge in [-0.15, -0.1) is 0 Å². The van der Waals surface area contributed by atoms with E-state index in [9.17, 15) is 14.4 Å². The number of unbranched alkanes of at least 4 members (excludes halogenated alkanes) is 1. The number of hydrogen-bond donors (Lipinski definition) is 2. The standard InChI is InChI=1S/C8H12O4.C8H8.C7H12O2/c1-5(2)3-6(8(11)12)4-7(9)10;1-2-8-6-4-3-5-7-8;1-3-5-6-9-7(8)4-2/h4-5H,3H2,1-2H3,(H,9,10)(H,11,12);2-7H,1H2;4H,2-3,5-6H2,1H3. The van der Waals surface area contributed by atoms with Crippen molar-refractivity contribution in [3.05, 3.63) is 66.8 Å². The third-order valence-corrected chi connectivity index (χ3v) is 3.14. The van der Waals surface area contributed by atoms with Gasteiger partial charge in [0.2, 0.25) is 0 Å². The Kier molecular flexibility index (Phi) is 17.6. The number of aliphatic carboxylic acids is 2. The van der Waals surface area contributed by atoms with Crippen LogP contribution in [0.5, 0.6) is 0 Å². The number of carboxylic acids is 2. The summed E-state index contributed by atoms with van der Waals surface area (Å²) in [6, 6.07) is 10.0. The average molecular weight is 405 g/mol. The Hall–Kier alpha value is -3.15. The lowest BCUT2D eigenvalue weighted by atomic mass is 10.0. The molecule has 160 valence electrons. The zero-order chi connectivity index (χ0) is 22.7. The summed E-state index contributed by atoms with van der Waals surface area (Å²) in [6.07, 6.45) is 6.00. The van der Waals surface area contributed by atoms with Crippen molar-refractivity contribution in [2.45, 2.75) is 40.0 Å². The van der Waals surface area contributed by atoms with Crippen LogP contribution in [0.15, 0.2) is 61.2 Å². The van der Waals surface area contributed by atoms with Gasteiger partial charge >= 0.3 is 17.9 Å². The monoisotopic (exact) mass is 404 g/mol. The first-order chi connectivity index (χ1) is 13.7. The molecule has 0 amide bonds. The molecule has 0 atom stereocenters. The van der Waals surface area contributed by atoms with E-state index >= 15 is 0 Å². The number of hydrogen-bond acceptors (Lipinski definition) is 4. The molecule has 6 heteroatoms. The van der Waals surface area contributed by atoms with Crippen molar-refractivity contribution in [3.63, 3.8) is 0 Å². The molecular weight excluding hydrogens is 372 g/mol. The zero-order valence-electron chi connectivity index (χ0n) is 17.5. The van der Waals surface area contributed by atoms with Gasteiger partial charge in [0.15, 0.2) is 0 Å². The number of rotatable bonds is 9. The number of ether oxygens (including phenoxy) is 1. The predicted molar refractivity (Wildman–Crippen MR) is 115 cm³/mol. The van der Waals surface area contributed by atoms with Gasteiger partial charge in [0.05, 0.1) is 6.61 Å². The van der Waals surface area contributed by atoms with Crippen LogP contribution in [0, 0.1) is 5.92 Å². The van der Waals surface area contributed by atoms with Crippen molar-refractivity contribution in [3.8, 4) is 0 Å². The Morgan fingerprint density at radius 1 is 1.10 bits per heavy atom. The highest BCUT2D eigenvalue weighted by Gasteiger charge is 2.10. The SMILES string of the molecule is C=CC(=O)OCCCC.C=Cc1ccccc1.CC(C)CC(=CC(=O)O)C(=O)O. The maximum absolute atomic E-state index is 10.4. The van der Waals surface area contributed by atoms with E-state index in [1.54, 1.807) is 0 Å². The van der Waals surface area contributed by atoms with E-state index in [2.05, 4.69) is 17.9 Å². The number of benzene rings is 1. The molecule has 29 heavy (non-hydrogen) atoms. The number of carbonyl (C=O) groups excluding carboxylic acids is 1. The van der Waals surface area contributed by atoms with Crippen LogP contribution in [0.2, 0.25) is 0 Å². The molecule has 2 N–H and O–H groups in total. The number of carbonyl (C=O) groups is 3.